The monoisotopic (exact) mass is 467 g/mol. The van der Waals surface area contributed by atoms with Crippen molar-refractivity contribution in [1.29, 1.82) is 0 Å². The molecule has 0 fully saturated rings. The minimum Gasteiger partial charge on any atom is -0.480 e. The molecule has 33 heavy (non-hydrogen) atoms. The summed E-state index contributed by atoms with van der Waals surface area (Å²) in [4.78, 5) is 37.0. The lowest BCUT2D eigenvalue weighted by molar-refractivity contribution is -0.141. The maximum Gasteiger partial charge on any atom is 0.340 e. The first-order valence-electron chi connectivity index (χ1n) is 10.4. The van der Waals surface area contributed by atoms with Crippen molar-refractivity contribution in [3.63, 3.8) is 0 Å². The Morgan fingerprint density at radius 2 is 1.64 bits per heavy atom. The quantitative estimate of drug-likeness (QED) is 0.405. The van der Waals surface area contributed by atoms with Crippen molar-refractivity contribution in [1.82, 2.24) is 5.32 Å². The molecule has 0 saturated heterocycles. The molecule has 0 bridgehead atoms. The molecule has 1 amide bonds. The number of hydrogen-bond acceptors (Lipinski definition) is 5. The minimum absolute atomic E-state index is 0.0840. The maximum atomic E-state index is 12.7. The van der Waals surface area contributed by atoms with Crippen LogP contribution in [0.2, 0.25) is 5.02 Å². The number of nitrogens with one attached hydrogen (secondary N) is 1. The zero-order valence-electron chi connectivity index (χ0n) is 18.3. The number of carboxylic acids is 1. The molecule has 0 spiro atoms. The highest BCUT2D eigenvalue weighted by Crippen LogP contribution is 2.31. The van der Waals surface area contributed by atoms with Gasteiger partial charge in [-0.2, -0.15) is 0 Å². The first-order chi connectivity index (χ1) is 15.6. The highest BCUT2D eigenvalue weighted by atomic mass is 35.5. The van der Waals surface area contributed by atoms with Crippen molar-refractivity contribution in [2.75, 3.05) is 0 Å². The second-order valence-electron chi connectivity index (χ2n) is 8.09. The van der Waals surface area contributed by atoms with Crippen molar-refractivity contribution >= 4 is 45.4 Å². The average molecular weight is 468 g/mol. The fraction of sp³-hybridized carbons (Fsp3) is 0.240. The topological polar surface area (TPSA) is 110 Å². The number of rotatable bonds is 6. The molecule has 7 nitrogen and oxygen atoms in total. The number of amides is 1. The van der Waals surface area contributed by atoms with Gasteiger partial charge >= 0.3 is 11.6 Å². The van der Waals surface area contributed by atoms with Crippen LogP contribution in [0, 0.1) is 20.8 Å². The zero-order chi connectivity index (χ0) is 23.9. The molecule has 0 unspecified atom stereocenters. The van der Waals surface area contributed by atoms with Gasteiger partial charge in [-0.05, 0) is 55.7 Å². The molecule has 1 atom stereocenters. The molecule has 0 aliphatic heterocycles. The molecule has 0 aliphatic rings. The van der Waals surface area contributed by atoms with Crippen LogP contribution in [0.15, 0.2) is 50.0 Å². The van der Waals surface area contributed by atoms with Crippen molar-refractivity contribution < 1.29 is 23.5 Å². The summed E-state index contributed by atoms with van der Waals surface area (Å²) in [6.07, 6.45) is -0.212. The smallest absolute Gasteiger partial charge is 0.340 e. The van der Waals surface area contributed by atoms with Gasteiger partial charge in [-0.3, -0.25) is 4.79 Å². The van der Waals surface area contributed by atoms with Gasteiger partial charge < -0.3 is 19.3 Å². The number of carbonyl (C=O) groups is 2. The third kappa shape index (κ3) is 4.50. The van der Waals surface area contributed by atoms with E-state index in [1.54, 1.807) is 37.3 Å². The fourth-order valence-corrected chi connectivity index (χ4v) is 4.02. The third-order valence-electron chi connectivity index (χ3n) is 5.91. The summed E-state index contributed by atoms with van der Waals surface area (Å²) in [6, 6.07) is 9.12. The van der Waals surface area contributed by atoms with Crippen LogP contribution in [0.3, 0.4) is 0 Å². The summed E-state index contributed by atoms with van der Waals surface area (Å²) >= 11 is 5.87. The molecule has 0 aliphatic carbocycles. The van der Waals surface area contributed by atoms with Crippen LogP contribution < -0.4 is 10.9 Å². The molecule has 4 aromatic rings. The van der Waals surface area contributed by atoms with Crippen LogP contribution in [-0.2, 0) is 22.4 Å². The molecule has 8 heteroatoms. The third-order valence-corrected chi connectivity index (χ3v) is 6.16. The molecule has 0 radical (unpaired) electrons. The number of carboxylic acid groups (broad SMARTS) is 1. The number of carbonyl (C=O) groups excluding carboxylic acids is 1. The Hall–Kier alpha value is -3.58. The van der Waals surface area contributed by atoms with Gasteiger partial charge in [0, 0.05) is 28.3 Å². The lowest BCUT2D eigenvalue weighted by Crippen LogP contribution is -2.43. The van der Waals surface area contributed by atoms with Gasteiger partial charge in [-0.1, -0.05) is 23.7 Å². The van der Waals surface area contributed by atoms with Crippen molar-refractivity contribution in [3.05, 3.63) is 79.9 Å². The van der Waals surface area contributed by atoms with Gasteiger partial charge in [-0.25, -0.2) is 9.59 Å². The Morgan fingerprint density at radius 3 is 2.30 bits per heavy atom. The zero-order valence-corrected chi connectivity index (χ0v) is 19.1. The molecule has 2 N–H and O–H groups in total. The fourth-order valence-electron chi connectivity index (χ4n) is 3.89. The van der Waals surface area contributed by atoms with E-state index in [4.69, 9.17) is 20.4 Å². The summed E-state index contributed by atoms with van der Waals surface area (Å²) in [7, 11) is 0. The van der Waals surface area contributed by atoms with Crippen LogP contribution in [0.1, 0.15) is 28.0 Å². The van der Waals surface area contributed by atoms with Gasteiger partial charge in [0.15, 0.2) is 0 Å². The van der Waals surface area contributed by atoms with Crippen LogP contribution in [-0.4, -0.2) is 23.0 Å². The predicted octanol–water partition coefficient (Wildman–Crippen LogP) is 4.47. The molecule has 4 rings (SSSR count). The van der Waals surface area contributed by atoms with E-state index >= 15 is 0 Å². The normalized spacial score (nSPS) is 12.2. The predicted molar refractivity (Wildman–Crippen MR) is 125 cm³/mol. The summed E-state index contributed by atoms with van der Waals surface area (Å²) in [5, 5.41) is 14.2. The van der Waals surface area contributed by atoms with Gasteiger partial charge in [-0.15, -0.1) is 0 Å². The van der Waals surface area contributed by atoms with Crippen molar-refractivity contribution in [2.24, 2.45) is 0 Å². The summed E-state index contributed by atoms with van der Waals surface area (Å²) in [6.45, 7) is 5.56. The highest BCUT2D eigenvalue weighted by molar-refractivity contribution is 6.30. The Kier molecular flexibility index (Phi) is 5.99. The van der Waals surface area contributed by atoms with Gasteiger partial charge in [0.25, 0.3) is 0 Å². The SMILES string of the molecule is Cc1oc2cc3oc(=O)c(CC(=O)N[C@@H](Cc4ccc(Cl)cc4)C(=O)O)c(C)c3cc2c1C. The highest BCUT2D eigenvalue weighted by Gasteiger charge is 2.23. The van der Waals surface area contributed by atoms with Crippen LogP contribution in [0.25, 0.3) is 21.9 Å². The summed E-state index contributed by atoms with van der Waals surface area (Å²) in [5.41, 5.74) is 2.85. The largest absolute Gasteiger partial charge is 0.480 e. The Morgan fingerprint density at radius 1 is 1.00 bits per heavy atom. The van der Waals surface area contributed by atoms with Gasteiger partial charge in [0.2, 0.25) is 5.91 Å². The second kappa shape index (κ2) is 8.75. The van der Waals surface area contributed by atoms with Gasteiger partial charge in [0.1, 0.15) is 23.0 Å². The minimum atomic E-state index is -1.17. The number of aliphatic carboxylic acids is 1. The average Bonchev–Trinajstić information content (AvgIpc) is 3.03. The summed E-state index contributed by atoms with van der Waals surface area (Å²) in [5.74, 6) is -0.975. The van der Waals surface area contributed by atoms with Crippen molar-refractivity contribution in [2.45, 2.75) is 39.7 Å². The number of furan rings is 1. The maximum absolute atomic E-state index is 12.7. The standard InChI is InChI=1S/C25H22ClNO6/c1-12-14(3)32-21-11-22-18(9-17(12)21)13(2)19(25(31)33-22)10-23(28)27-20(24(29)30)8-15-4-6-16(26)7-5-15/h4-7,9,11,20H,8,10H2,1-3H3,(H,27,28)(H,29,30)/t20-/m0/s1. The first kappa shape index (κ1) is 22.6. The van der Waals surface area contributed by atoms with E-state index in [1.165, 1.54) is 0 Å². The van der Waals surface area contributed by atoms with Crippen molar-refractivity contribution in [3.8, 4) is 0 Å². The van der Waals surface area contributed by atoms with E-state index < -0.39 is 23.5 Å². The molecular weight excluding hydrogens is 446 g/mol. The lowest BCUT2D eigenvalue weighted by Gasteiger charge is -2.15. The van der Waals surface area contributed by atoms with E-state index in [1.807, 2.05) is 19.9 Å². The first-order valence-corrected chi connectivity index (χ1v) is 10.7. The molecular formula is C25H22ClNO6. The van der Waals surface area contributed by atoms with E-state index in [2.05, 4.69) is 5.32 Å². The van der Waals surface area contributed by atoms with Gasteiger partial charge in [0.05, 0.1) is 12.0 Å². The van der Waals surface area contributed by atoms with Crippen LogP contribution in [0.4, 0.5) is 0 Å². The molecule has 0 saturated carbocycles. The Balaban J connectivity index is 1.61. The number of halogens is 1. The molecule has 2 heterocycles. The number of aryl methyl sites for hydroxylation is 3. The van der Waals surface area contributed by atoms with E-state index in [-0.39, 0.29) is 18.4 Å². The van der Waals surface area contributed by atoms with E-state index in [0.29, 0.717) is 32.7 Å². The molecule has 170 valence electrons. The van der Waals surface area contributed by atoms with Crippen LogP contribution in [0.5, 0.6) is 0 Å². The number of hydrogen-bond donors (Lipinski definition) is 2. The number of benzene rings is 2. The molecule has 2 aromatic heterocycles. The number of fused-ring (bicyclic) bond motifs is 2. The Labute approximate surface area is 194 Å². The second-order valence-corrected chi connectivity index (χ2v) is 8.52. The van der Waals surface area contributed by atoms with Crippen LogP contribution >= 0.6 is 11.6 Å². The molecule has 2 aromatic carbocycles. The van der Waals surface area contributed by atoms with E-state index in [0.717, 1.165) is 16.7 Å². The summed E-state index contributed by atoms with van der Waals surface area (Å²) < 4.78 is 11.2. The lowest BCUT2D eigenvalue weighted by atomic mass is 10.0. The van der Waals surface area contributed by atoms with E-state index in [9.17, 15) is 19.5 Å². The Bertz CT molecular complexity index is 1450.